The number of carboxylic acids is 1. The molecule has 7 heteroatoms. The van der Waals surface area contributed by atoms with Gasteiger partial charge in [0, 0.05) is 26.9 Å². The van der Waals surface area contributed by atoms with Crippen molar-refractivity contribution in [1.29, 1.82) is 0 Å². The standard InChI is InChI=1S/C22H13Cl3N2O2/c23-14-6-3-5-13(11-14)20-19(22(28)29)26-21(17-9-1-2-10-18(17)25)27(20)16-8-4-7-15(24)12-16/h1-12H,(H,28,29). The number of benzene rings is 3. The highest BCUT2D eigenvalue weighted by molar-refractivity contribution is 6.33. The van der Waals surface area contributed by atoms with Crippen LogP contribution >= 0.6 is 34.8 Å². The van der Waals surface area contributed by atoms with Gasteiger partial charge in [0.2, 0.25) is 0 Å². The van der Waals surface area contributed by atoms with Crippen LogP contribution < -0.4 is 0 Å². The van der Waals surface area contributed by atoms with E-state index >= 15 is 0 Å². The van der Waals surface area contributed by atoms with Gasteiger partial charge in [-0.05, 0) is 42.5 Å². The van der Waals surface area contributed by atoms with Crippen molar-refractivity contribution in [3.63, 3.8) is 0 Å². The number of hydrogen-bond donors (Lipinski definition) is 1. The Kier molecular flexibility index (Phi) is 5.33. The minimum absolute atomic E-state index is 0.109. The quantitative estimate of drug-likeness (QED) is 0.374. The summed E-state index contributed by atoms with van der Waals surface area (Å²) in [6, 6.07) is 21.2. The predicted molar refractivity (Wildman–Crippen MR) is 116 cm³/mol. The summed E-state index contributed by atoms with van der Waals surface area (Å²) in [5.41, 5.74) is 2.15. The summed E-state index contributed by atoms with van der Waals surface area (Å²) >= 11 is 18.8. The second kappa shape index (κ2) is 7.91. The highest BCUT2D eigenvalue weighted by atomic mass is 35.5. The fourth-order valence-corrected chi connectivity index (χ4v) is 3.76. The van der Waals surface area contributed by atoms with Gasteiger partial charge in [-0.2, -0.15) is 0 Å². The second-order valence-electron chi connectivity index (χ2n) is 6.24. The third-order valence-electron chi connectivity index (χ3n) is 4.36. The van der Waals surface area contributed by atoms with Gasteiger partial charge >= 0.3 is 5.97 Å². The molecule has 0 saturated carbocycles. The molecule has 1 N–H and O–H groups in total. The van der Waals surface area contributed by atoms with Crippen molar-refractivity contribution in [2.45, 2.75) is 0 Å². The van der Waals surface area contributed by atoms with Crippen molar-refractivity contribution in [2.75, 3.05) is 0 Å². The van der Waals surface area contributed by atoms with Crippen molar-refractivity contribution in [3.05, 3.63) is 93.6 Å². The summed E-state index contributed by atoms with van der Waals surface area (Å²) in [5, 5.41) is 11.3. The fourth-order valence-electron chi connectivity index (χ4n) is 3.16. The Bertz CT molecular complexity index is 1230. The zero-order chi connectivity index (χ0) is 20.5. The van der Waals surface area contributed by atoms with Gasteiger partial charge in [-0.25, -0.2) is 9.78 Å². The summed E-state index contributed by atoms with van der Waals surface area (Å²) in [6.45, 7) is 0. The van der Waals surface area contributed by atoms with Crippen molar-refractivity contribution in [3.8, 4) is 28.3 Å². The van der Waals surface area contributed by atoms with E-state index in [9.17, 15) is 9.90 Å². The third-order valence-corrected chi connectivity index (χ3v) is 5.16. The maximum Gasteiger partial charge on any atom is 0.356 e. The molecule has 0 amide bonds. The first kappa shape index (κ1) is 19.5. The van der Waals surface area contributed by atoms with Crippen LogP contribution in [0.15, 0.2) is 72.8 Å². The largest absolute Gasteiger partial charge is 0.476 e. The second-order valence-corrected chi connectivity index (χ2v) is 7.52. The highest BCUT2D eigenvalue weighted by Crippen LogP contribution is 2.37. The molecule has 0 radical (unpaired) electrons. The molecule has 0 fully saturated rings. The molecule has 0 bridgehead atoms. The van der Waals surface area contributed by atoms with E-state index < -0.39 is 5.97 Å². The average Bonchev–Trinajstić information content (AvgIpc) is 3.09. The minimum Gasteiger partial charge on any atom is -0.476 e. The van der Waals surface area contributed by atoms with Crippen LogP contribution in [-0.2, 0) is 0 Å². The van der Waals surface area contributed by atoms with Gasteiger partial charge in [0.25, 0.3) is 0 Å². The fraction of sp³-hybridized carbons (Fsp3) is 0. The molecule has 0 atom stereocenters. The molecule has 29 heavy (non-hydrogen) atoms. The summed E-state index contributed by atoms with van der Waals surface area (Å²) in [6.07, 6.45) is 0. The number of carboxylic acid groups (broad SMARTS) is 1. The maximum absolute atomic E-state index is 12.1. The van der Waals surface area contributed by atoms with E-state index in [1.54, 1.807) is 65.2 Å². The van der Waals surface area contributed by atoms with Crippen LogP contribution in [0.5, 0.6) is 0 Å². The number of hydrogen-bond acceptors (Lipinski definition) is 2. The zero-order valence-corrected chi connectivity index (χ0v) is 17.1. The molecule has 1 aromatic heterocycles. The number of aromatic carboxylic acids is 1. The average molecular weight is 444 g/mol. The molecular weight excluding hydrogens is 431 g/mol. The van der Waals surface area contributed by atoms with E-state index in [-0.39, 0.29) is 5.69 Å². The minimum atomic E-state index is -1.16. The lowest BCUT2D eigenvalue weighted by Gasteiger charge is -2.14. The Morgan fingerprint density at radius 2 is 1.55 bits per heavy atom. The van der Waals surface area contributed by atoms with Crippen LogP contribution in [0.25, 0.3) is 28.3 Å². The normalized spacial score (nSPS) is 10.9. The van der Waals surface area contributed by atoms with Gasteiger partial charge in [0.1, 0.15) is 5.82 Å². The molecule has 4 aromatic rings. The topological polar surface area (TPSA) is 55.1 Å². The first-order valence-electron chi connectivity index (χ1n) is 8.58. The molecule has 0 saturated heterocycles. The maximum atomic E-state index is 12.1. The number of halogens is 3. The molecule has 4 nitrogen and oxygen atoms in total. The Morgan fingerprint density at radius 1 is 0.862 bits per heavy atom. The van der Waals surface area contributed by atoms with Crippen LogP contribution in [0.1, 0.15) is 10.5 Å². The lowest BCUT2D eigenvalue weighted by molar-refractivity contribution is 0.0692. The van der Waals surface area contributed by atoms with Crippen molar-refractivity contribution in [2.24, 2.45) is 0 Å². The van der Waals surface area contributed by atoms with Gasteiger partial charge in [0.05, 0.1) is 10.7 Å². The van der Waals surface area contributed by atoms with E-state index in [2.05, 4.69) is 4.98 Å². The Labute approximate surface area is 181 Å². The highest BCUT2D eigenvalue weighted by Gasteiger charge is 2.26. The summed E-state index contributed by atoms with van der Waals surface area (Å²) in [7, 11) is 0. The van der Waals surface area contributed by atoms with Crippen LogP contribution in [0.3, 0.4) is 0 Å². The molecule has 0 aliphatic carbocycles. The lowest BCUT2D eigenvalue weighted by Crippen LogP contribution is -2.03. The first-order valence-corrected chi connectivity index (χ1v) is 9.72. The molecule has 1 heterocycles. The molecule has 0 aliphatic heterocycles. The van der Waals surface area contributed by atoms with E-state index in [4.69, 9.17) is 34.8 Å². The zero-order valence-electron chi connectivity index (χ0n) is 14.8. The van der Waals surface area contributed by atoms with Gasteiger partial charge in [-0.3, -0.25) is 4.57 Å². The SMILES string of the molecule is O=C(O)c1nc(-c2ccccc2Cl)n(-c2cccc(Cl)c2)c1-c1cccc(Cl)c1. The van der Waals surface area contributed by atoms with Crippen LogP contribution in [0, 0.1) is 0 Å². The van der Waals surface area contributed by atoms with E-state index in [0.717, 1.165) is 0 Å². The predicted octanol–water partition coefficient (Wildman–Crippen LogP) is 6.86. The molecule has 144 valence electrons. The first-order chi connectivity index (χ1) is 14.0. The lowest BCUT2D eigenvalue weighted by atomic mass is 10.1. The number of carbonyl (C=O) groups is 1. The van der Waals surface area contributed by atoms with Crippen LogP contribution in [0.2, 0.25) is 15.1 Å². The smallest absolute Gasteiger partial charge is 0.356 e. The van der Waals surface area contributed by atoms with E-state index in [0.29, 0.717) is 43.4 Å². The monoisotopic (exact) mass is 442 g/mol. The van der Waals surface area contributed by atoms with Crippen molar-refractivity contribution >= 4 is 40.8 Å². The number of aromatic nitrogens is 2. The van der Waals surface area contributed by atoms with Crippen molar-refractivity contribution < 1.29 is 9.90 Å². The molecule has 0 spiro atoms. The van der Waals surface area contributed by atoms with E-state index in [1.807, 2.05) is 12.1 Å². The Balaban J connectivity index is 2.14. The van der Waals surface area contributed by atoms with Crippen molar-refractivity contribution in [1.82, 2.24) is 9.55 Å². The Morgan fingerprint density at radius 3 is 2.21 bits per heavy atom. The molecular formula is C22H13Cl3N2O2. The summed E-state index contributed by atoms with van der Waals surface area (Å²) in [4.78, 5) is 16.5. The molecule has 0 aliphatic rings. The summed E-state index contributed by atoms with van der Waals surface area (Å²) in [5.74, 6) is -0.765. The third kappa shape index (κ3) is 3.75. The summed E-state index contributed by atoms with van der Waals surface area (Å²) < 4.78 is 1.74. The van der Waals surface area contributed by atoms with Gasteiger partial charge < -0.3 is 5.11 Å². The molecule has 3 aromatic carbocycles. The number of imidazole rings is 1. The number of rotatable bonds is 4. The van der Waals surface area contributed by atoms with Crippen LogP contribution in [0.4, 0.5) is 0 Å². The number of nitrogens with zero attached hydrogens (tertiary/aromatic N) is 2. The Hall–Kier alpha value is -2.79. The van der Waals surface area contributed by atoms with Gasteiger partial charge in [-0.1, -0.05) is 65.1 Å². The van der Waals surface area contributed by atoms with Crippen LogP contribution in [-0.4, -0.2) is 20.6 Å². The molecule has 4 rings (SSSR count). The molecule has 0 unspecified atom stereocenters. The van der Waals surface area contributed by atoms with Gasteiger partial charge in [0.15, 0.2) is 5.69 Å². The van der Waals surface area contributed by atoms with Gasteiger partial charge in [-0.15, -0.1) is 0 Å². The van der Waals surface area contributed by atoms with E-state index in [1.165, 1.54) is 0 Å².